The second-order valence-electron chi connectivity index (χ2n) is 6.48. The largest absolute Gasteiger partial charge is 0.387 e. The normalized spacial score (nSPS) is 12.4. The first-order valence-electron chi connectivity index (χ1n) is 8.62. The zero-order chi connectivity index (χ0) is 20.4. The Hall–Kier alpha value is -2.71. The predicted octanol–water partition coefficient (Wildman–Crippen LogP) is 3.87. The van der Waals surface area contributed by atoms with Gasteiger partial charge in [0, 0.05) is 30.4 Å². The summed E-state index contributed by atoms with van der Waals surface area (Å²) >= 11 is 0. The van der Waals surface area contributed by atoms with Gasteiger partial charge in [0.1, 0.15) is 11.5 Å². The molecule has 0 unspecified atom stereocenters. The Morgan fingerprint density at radius 3 is 2.43 bits per heavy atom. The van der Waals surface area contributed by atoms with Gasteiger partial charge in [-0.15, -0.1) is 0 Å². The van der Waals surface area contributed by atoms with Crippen LogP contribution in [0.2, 0.25) is 0 Å². The molecule has 1 aromatic heterocycles. The minimum atomic E-state index is -1.03. The van der Waals surface area contributed by atoms with Crippen LogP contribution in [0.25, 0.3) is 5.69 Å². The molecule has 3 rings (SSSR count). The summed E-state index contributed by atoms with van der Waals surface area (Å²) in [6.45, 7) is 3.93. The molecule has 4 nitrogen and oxygen atoms in total. The first-order valence-corrected chi connectivity index (χ1v) is 8.62. The molecule has 0 saturated heterocycles. The van der Waals surface area contributed by atoms with Crippen molar-refractivity contribution in [3.8, 4) is 5.69 Å². The van der Waals surface area contributed by atoms with E-state index in [0.717, 1.165) is 29.8 Å². The van der Waals surface area contributed by atoms with Crippen LogP contribution in [0, 0.1) is 37.1 Å². The SMILES string of the molecule is Cc1nn(-c2ccc(F)cc2F)c(C)c1CNC[C@@H](O)c1ccc(F)c(F)c1. The highest BCUT2D eigenvalue weighted by atomic mass is 19.2. The van der Waals surface area contributed by atoms with Crippen LogP contribution in [-0.4, -0.2) is 21.4 Å². The number of halogens is 4. The lowest BCUT2D eigenvalue weighted by molar-refractivity contribution is 0.173. The molecular weight excluding hydrogens is 374 g/mol. The monoisotopic (exact) mass is 393 g/mol. The Morgan fingerprint density at radius 1 is 1.00 bits per heavy atom. The van der Waals surface area contributed by atoms with Gasteiger partial charge in [0.25, 0.3) is 0 Å². The minimum Gasteiger partial charge on any atom is -0.387 e. The van der Waals surface area contributed by atoms with Gasteiger partial charge in [-0.25, -0.2) is 22.2 Å². The summed E-state index contributed by atoms with van der Waals surface area (Å²) in [6, 6.07) is 6.49. The van der Waals surface area contributed by atoms with Gasteiger partial charge in [-0.3, -0.25) is 0 Å². The molecule has 0 saturated carbocycles. The average Bonchev–Trinajstić information content (AvgIpc) is 2.92. The maximum Gasteiger partial charge on any atom is 0.159 e. The van der Waals surface area contributed by atoms with Crippen molar-refractivity contribution in [2.24, 2.45) is 0 Å². The van der Waals surface area contributed by atoms with Crippen molar-refractivity contribution < 1.29 is 22.7 Å². The van der Waals surface area contributed by atoms with Gasteiger partial charge >= 0.3 is 0 Å². The van der Waals surface area contributed by atoms with Gasteiger partial charge < -0.3 is 10.4 Å². The predicted molar refractivity (Wildman–Crippen MR) is 96.0 cm³/mol. The van der Waals surface area contributed by atoms with Gasteiger partial charge in [-0.2, -0.15) is 5.10 Å². The first-order chi connectivity index (χ1) is 13.3. The Bertz CT molecular complexity index is 1000. The first kappa shape index (κ1) is 20.0. The number of benzene rings is 2. The zero-order valence-corrected chi connectivity index (χ0v) is 15.3. The van der Waals surface area contributed by atoms with Crippen LogP contribution in [0.1, 0.15) is 28.6 Å². The molecular formula is C20H19F4N3O. The van der Waals surface area contributed by atoms with Crippen LogP contribution in [0.15, 0.2) is 36.4 Å². The molecule has 0 fully saturated rings. The van der Waals surface area contributed by atoms with Crippen LogP contribution in [-0.2, 0) is 6.54 Å². The summed E-state index contributed by atoms with van der Waals surface area (Å²) in [5, 5.41) is 17.5. The van der Waals surface area contributed by atoms with Crippen molar-refractivity contribution in [3.63, 3.8) is 0 Å². The van der Waals surface area contributed by atoms with E-state index in [1.807, 2.05) is 0 Å². The number of aliphatic hydroxyl groups is 1. The number of nitrogens with one attached hydrogen (secondary N) is 1. The maximum atomic E-state index is 14.1. The second-order valence-corrected chi connectivity index (χ2v) is 6.48. The van der Waals surface area contributed by atoms with E-state index >= 15 is 0 Å². The highest BCUT2D eigenvalue weighted by Crippen LogP contribution is 2.21. The van der Waals surface area contributed by atoms with Gasteiger partial charge in [-0.1, -0.05) is 6.07 Å². The second kappa shape index (κ2) is 8.12. The summed E-state index contributed by atoms with van der Waals surface area (Å²) < 4.78 is 54.9. The van der Waals surface area contributed by atoms with Crippen molar-refractivity contribution in [2.75, 3.05) is 6.54 Å². The van der Waals surface area contributed by atoms with Crippen molar-refractivity contribution in [3.05, 3.63) is 82.2 Å². The number of hydrogen-bond donors (Lipinski definition) is 2. The number of nitrogens with zero attached hydrogens (tertiary/aromatic N) is 2. The molecule has 2 aromatic carbocycles. The third-order valence-corrected chi connectivity index (χ3v) is 4.55. The topological polar surface area (TPSA) is 50.1 Å². The molecule has 3 aromatic rings. The molecule has 2 N–H and O–H groups in total. The quantitative estimate of drug-likeness (QED) is 0.625. The van der Waals surface area contributed by atoms with E-state index < -0.39 is 29.4 Å². The molecule has 0 bridgehead atoms. The Morgan fingerprint density at radius 2 is 1.75 bits per heavy atom. The zero-order valence-electron chi connectivity index (χ0n) is 15.3. The lowest BCUT2D eigenvalue weighted by Gasteiger charge is -2.13. The van der Waals surface area contributed by atoms with Crippen LogP contribution in [0.4, 0.5) is 17.6 Å². The number of aromatic nitrogens is 2. The Kier molecular flexibility index (Phi) is 5.81. The van der Waals surface area contributed by atoms with E-state index in [2.05, 4.69) is 10.4 Å². The molecule has 148 valence electrons. The van der Waals surface area contributed by atoms with Gasteiger partial charge in [0.2, 0.25) is 0 Å². The van der Waals surface area contributed by atoms with Crippen molar-refractivity contribution in [1.82, 2.24) is 15.1 Å². The molecule has 28 heavy (non-hydrogen) atoms. The molecule has 0 aliphatic carbocycles. The molecule has 0 spiro atoms. The van der Waals surface area contributed by atoms with Crippen LogP contribution >= 0.6 is 0 Å². The summed E-state index contributed by atoms with van der Waals surface area (Å²) in [5.74, 6) is -3.39. The number of aliphatic hydroxyl groups excluding tert-OH is 1. The van der Waals surface area contributed by atoms with E-state index in [4.69, 9.17) is 0 Å². The maximum absolute atomic E-state index is 14.1. The van der Waals surface area contributed by atoms with E-state index in [1.165, 1.54) is 16.8 Å². The van der Waals surface area contributed by atoms with Gasteiger partial charge in [0.15, 0.2) is 17.5 Å². The average molecular weight is 393 g/mol. The molecule has 0 aliphatic rings. The lowest BCUT2D eigenvalue weighted by Crippen LogP contribution is -2.22. The summed E-state index contributed by atoms with van der Waals surface area (Å²) in [6.07, 6.45) is -1.03. The fourth-order valence-corrected chi connectivity index (χ4v) is 2.99. The van der Waals surface area contributed by atoms with Crippen molar-refractivity contribution in [2.45, 2.75) is 26.5 Å². The Labute approximate surface area is 159 Å². The van der Waals surface area contributed by atoms with Crippen LogP contribution in [0.5, 0.6) is 0 Å². The Balaban J connectivity index is 1.71. The number of aryl methyl sites for hydroxylation is 1. The number of rotatable bonds is 6. The van der Waals surface area contributed by atoms with E-state index in [1.54, 1.807) is 13.8 Å². The lowest BCUT2D eigenvalue weighted by atomic mass is 10.1. The van der Waals surface area contributed by atoms with E-state index in [0.29, 0.717) is 17.9 Å². The van der Waals surface area contributed by atoms with E-state index in [-0.39, 0.29) is 17.8 Å². The molecule has 1 atom stereocenters. The van der Waals surface area contributed by atoms with Crippen molar-refractivity contribution >= 4 is 0 Å². The summed E-state index contributed by atoms with van der Waals surface area (Å²) in [5.41, 5.74) is 2.49. The van der Waals surface area contributed by atoms with E-state index in [9.17, 15) is 22.7 Å². The summed E-state index contributed by atoms with van der Waals surface area (Å²) in [4.78, 5) is 0. The summed E-state index contributed by atoms with van der Waals surface area (Å²) in [7, 11) is 0. The molecule has 1 heterocycles. The molecule has 8 heteroatoms. The van der Waals surface area contributed by atoms with Crippen LogP contribution in [0.3, 0.4) is 0 Å². The highest BCUT2D eigenvalue weighted by Gasteiger charge is 2.16. The molecule has 0 amide bonds. The standard InChI is InChI=1S/C20H19F4N3O/c1-11-15(9-25-10-20(28)13-3-5-16(22)17(23)7-13)12(2)27(26-11)19-6-4-14(21)8-18(19)24/h3-8,20,25,28H,9-10H2,1-2H3/t20-/m1/s1. The van der Waals surface area contributed by atoms with Gasteiger partial charge in [0.05, 0.1) is 11.8 Å². The molecule has 0 aliphatic heterocycles. The number of hydrogen-bond acceptors (Lipinski definition) is 3. The third-order valence-electron chi connectivity index (χ3n) is 4.55. The smallest absolute Gasteiger partial charge is 0.159 e. The fourth-order valence-electron chi connectivity index (χ4n) is 2.99. The minimum absolute atomic E-state index is 0.0973. The molecule has 0 radical (unpaired) electrons. The van der Waals surface area contributed by atoms with Gasteiger partial charge in [-0.05, 0) is 43.7 Å². The van der Waals surface area contributed by atoms with Crippen molar-refractivity contribution in [1.29, 1.82) is 0 Å². The highest BCUT2D eigenvalue weighted by molar-refractivity contribution is 5.38. The van der Waals surface area contributed by atoms with Crippen LogP contribution < -0.4 is 5.32 Å². The third kappa shape index (κ3) is 4.07. The fraction of sp³-hybridized carbons (Fsp3) is 0.250.